The number of halogens is 1. The van der Waals surface area contributed by atoms with Crippen LogP contribution in [-0.2, 0) is 4.79 Å². The van der Waals surface area contributed by atoms with Gasteiger partial charge in [0.2, 0.25) is 6.79 Å². The van der Waals surface area contributed by atoms with E-state index in [-0.39, 0.29) is 24.3 Å². The van der Waals surface area contributed by atoms with Crippen molar-refractivity contribution in [3.05, 3.63) is 27.7 Å². The molecule has 24 heavy (non-hydrogen) atoms. The largest absolute Gasteiger partial charge is 0.454 e. The van der Waals surface area contributed by atoms with Gasteiger partial charge in [-0.05, 0) is 58.5 Å². The first kappa shape index (κ1) is 16.8. The summed E-state index contributed by atoms with van der Waals surface area (Å²) in [5, 5.41) is 12.4. The summed E-state index contributed by atoms with van der Waals surface area (Å²) in [5.41, 5.74) is 0.813. The van der Waals surface area contributed by atoms with Crippen molar-refractivity contribution in [2.24, 2.45) is 5.92 Å². The van der Waals surface area contributed by atoms with Gasteiger partial charge in [-0.25, -0.2) is 0 Å². The number of carbonyl (C=O) groups is 1. The van der Waals surface area contributed by atoms with E-state index in [4.69, 9.17) is 9.47 Å². The van der Waals surface area contributed by atoms with E-state index in [0.717, 1.165) is 29.3 Å². The molecule has 1 aromatic carbocycles. The smallest absolute Gasteiger partial charge is 0.262 e. The normalized spacial score (nSPS) is 22.8. The maximum absolute atomic E-state index is 12.4. The van der Waals surface area contributed by atoms with E-state index >= 15 is 0 Å². The maximum atomic E-state index is 12.4. The van der Waals surface area contributed by atoms with Crippen molar-refractivity contribution < 1.29 is 14.3 Å². The molecule has 1 heterocycles. The van der Waals surface area contributed by atoms with Crippen LogP contribution in [0.4, 0.5) is 0 Å². The van der Waals surface area contributed by atoms with Crippen molar-refractivity contribution in [3.63, 3.8) is 0 Å². The summed E-state index contributed by atoms with van der Waals surface area (Å²) in [6.45, 7) is 2.32. The van der Waals surface area contributed by atoms with E-state index in [1.165, 1.54) is 6.42 Å². The third-order valence-electron chi connectivity index (χ3n) is 4.55. The molecule has 1 aliphatic carbocycles. The highest BCUT2D eigenvalue weighted by Gasteiger charge is 2.24. The van der Waals surface area contributed by atoms with Crippen LogP contribution in [0.25, 0.3) is 6.08 Å². The summed E-state index contributed by atoms with van der Waals surface area (Å²) in [5.74, 6) is 1.38. The van der Waals surface area contributed by atoms with E-state index in [9.17, 15) is 10.1 Å². The number of fused-ring (bicyclic) bond motifs is 1. The molecule has 0 saturated heterocycles. The van der Waals surface area contributed by atoms with Gasteiger partial charge in [-0.3, -0.25) is 4.79 Å². The van der Waals surface area contributed by atoms with E-state index in [0.29, 0.717) is 17.4 Å². The molecule has 1 amide bonds. The van der Waals surface area contributed by atoms with Gasteiger partial charge in [0.05, 0.1) is 4.47 Å². The summed E-state index contributed by atoms with van der Waals surface area (Å²) < 4.78 is 11.4. The number of hydrogen-bond donors (Lipinski definition) is 1. The third-order valence-corrected chi connectivity index (χ3v) is 5.14. The number of carbonyl (C=O) groups excluding carboxylic acids is 1. The van der Waals surface area contributed by atoms with Crippen LogP contribution in [0.5, 0.6) is 11.5 Å². The molecule has 3 rings (SSSR count). The lowest BCUT2D eigenvalue weighted by molar-refractivity contribution is -0.118. The Morgan fingerprint density at radius 2 is 2.17 bits per heavy atom. The lowest BCUT2D eigenvalue weighted by atomic mass is 9.86. The molecule has 2 aliphatic rings. The van der Waals surface area contributed by atoms with Crippen LogP contribution in [0.2, 0.25) is 0 Å². The molecule has 1 aliphatic heterocycles. The topological polar surface area (TPSA) is 71.4 Å². The second-order valence-corrected chi connectivity index (χ2v) is 7.10. The molecule has 5 nitrogen and oxygen atoms in total. The Morgan fingerprint density at radius 3 is 2.92 bits per heavy atom. The molecule has 1 N–H and O–H groups in total. The monoisotopic (exact) mass is 390 g/mol. The minimum Gasteiger partial charge on any atom is -0.454 e. The van der Waals surface area contributed by atoms with Crippen molar-refractivity contribution >= 4 is 27.9 Å². The zero-order valence-corrected chi connectivity index (χ0v) is 15.1. The summed E-state index contributed by atoms with van der Waals surface area (Å²) in [7, 11) is 0. The Labute approximate surface area is 149 Å². The number of hydrogen-bond acceptors (Lipinski definition) is 4. The molecule has 6 heteroatoms. The highest BCUT2D eigenvalue weighted by atomic mass is 79.9. The van der Waals surface area contributed by atoms with Gasteiger partial charge in [0.1, 0.15) is 11.6 Å². The highest BCUT2D eigenvalue weighted by molar-refractivity contribution is 9.10. The first-order valence-corrected chi connectivity index (χ1v) is 8.89. The number of benzene rings is 1. The van der Waals surface area contributed by atoms with Gasteiger partial charge in [-0.15, -0.1) is 0 Å². The SMILES string of the molecule is CC1CCCCC1NC(=O)/C(C#N)=C\c1cc(Br)c2c(c1)OCO2. The van der Waals surface area contributed by atoms with E-state index < -0.39 is 0 Å². The predicted octanol–water partition coefficient (Wildman–Crippen LogP) is 3.78. The number of nitrogens with one attached hydrogen (secondary N) is 1. The van der Waals surface area contributed by atoms with Crippen LogP contribution < -0.4 is 14.8 Å². The van der Waals surface area contributed by atoms with Crippen LogP contribution in [0.3, 0.4) is 0 Å². The third kappa shape index (κ3) is 3.57. The number of ether oxygens (including phenoxy) is 2. The first-order chi connectivity index (χ1) is 11.6. The summed E-state index contributed by atoms with van der Waals surface area (Å²) in [4.78, 5) is 12.4. The van der Waals surface area contributed by atoms with Crippen LogP contribution >= 0.6 is 15.9 Å². The minimum atomic E-state index is -0.315. The lowest BCUT2D eigenvalue weighted by Crippen LogP contribution is -2.41. The second kappa shape index (κ2) is 7.27. The Morgan fingerprint density at radius 1 is 1.38 bits per heavy atom. The Kier molecular flexibility index (Phi) is 5.10. The quantitative estimate of drug-likeness (QED) is 0.629. The second-order valence-electron chi connectivity index (χ2n) is 6.25. The molecule has 2 unspecified atom stereocenters. The zero-order chi connectivity index (χ0) is 17.1. The van der Waals surface area contributed by atoms with Crippen molar-refractivity contribution in [2.45, 2.75) is 38.6 Å². The fraction of sp³-hybridized carbons (Fsp3) is 0.444. The number of rotatable bonds is 3. The Hall–Kier alpha value is -2.00. The van der Waals surface area contributed by atoms with Gasteiger partial charge in [0.25, 0.3) is 5.91 Å². The Bertz CT molecular complexity index is 724. The molecule has 1 aromatic rings. The summed E-state index contributed by atoms with van der Waals surface area (Å²) >= 11 is 3.42. The van der Waals surface area contributed by atoms with Crippen LogP contribution in [-0.4, -0.2) is 18.7 Å². The van der Waals surface area contributed by atoms with Gasteiger partial charge >= 0.3 is 0 Å². The molecular weight excluding hydrogens is 372 g/mol. The minimum absolute atomic E-state index is 0.0959. The van der Waals surface area contributed by atoms with Crippen molar-refractivity contribution in [3.8, 4) is 17.6 Å². The molecule has 0 spiro atoms. The average molecular weight is 391 g/mol. The van der Waals surface area contributed by atoms with E-state index in [1.807, 2.05) is 6.07 Å². The first-order valence-electron chi connectivity index (χ1n) is 8.10. The number of nitrogens with zero attached hydrogens (tertiary/aromatic N) is 1. The van der Waals surface area contributed by atoms with Crippen LogP contribution in [0.15, 0.2) is 22.2 Å². The zero-order valence-electron chi connectivity index (χ0n) is 13.5. The van der Waals surface area contributed by atoms with E-state index in [1.54, 1.807) is 18.2 Å². The molecule has 1 fully saturated rings. The summed E-state index contributed by atoms with van der Waals surface area (Å²) in [6.07, 6.45) is 6.00. The Balaban J connectivity index is 1.78. The lowest BCUT2D eigenvalue weighted by Gasteiger charge is -2.29. The molecule has 2 atom stereocenters. The number of amides is 1. The van der Waals surface area contributed by atoms with Gasteiger partial charge < -0.3 is 14.8 Å². The molecule has 1 saturated carbocycles. The number of nitriles is 1. The van der Waals surface area contributed by atoms with Gasteiger partial charge in [-0.1, -0.05) is 19.8 Å². The van der Waals surface area contributed by atoms with Crippen molar-refractivity contribution in [1.82, 2.24) is 5.32 Å². The summed E-state index contributed by atoms with van der Waals surface area (Å²) in [6, 6.07) is 5.72. The fourth-order valence-electron chi connectivity index (χ4n) is 3.16. The van der Waals surface area contributed by atoms with Gasteiger partial charge in [0.15, 0.2) is 11.5 Å². The molecule has 0 bridgehead atoms. The standard InChI is InChI=1S/C18H19BrN2O3/c1-11-4-2-3-5-15(11)21-18(22)13(9-20)6-12-7-14(19)17-16(8-12)23-10-24-17/h6-8,11,15H,2-5,10H2,1H3,(H,21,22)/b13-6-. The fourth-order valence-corrected chi connectivity index (χ4v) is 3.74. The van der Waals surface area contributed by atoms with Crippen molar-refractivity contribution in [1.29, 1.82) is 5.26 Å². The maximum Gasteiger partial charge on any atom is 0.262 e. The van der Waals surface area contributed by atoms with Crippen molar-refractivity contribution in [2.75, 3.05) is 6.79 Å². The van der Waals surface area contributed by atoms with Crippen LogP contribution in [0.1, 0.15) is 38.2 Å². The highest BCUT2D eigenvalue weighted by Crippen LogP contribution is 2.40. The molecular formula is C18H19BrN2O3. The predicted molar refractivity (Wildman–Crippen MR) is 93.4 cm³/mol. The van der Waals surface area contributed by atoms with E-state index in [2.05, 4.69) is 28.2 Å². The molecule has 126 valence electrons. The molecule has 0 aromatic heterocycles. The van der Waals surface area contributed by atoms with Gasteiger partial charge in [-0.2, -0.15) is 5.26 Å². The van der Waals surface area contributed by atoms with Crippen LogP contribution in [0, 0.1) is 17.2 Å². The van der Waals surface area contributed by atoms with Gasteiger partial charge in [0, 0.05) is 6.04 Å². The average Bonchev–Trinajstić information content (AvgIpc) is 3.03. The molecule has 0 radical (unpaired) electrons.